The van der Waals surface area contributed by atoms with E-state index in [0.717, 1.165) is 16.5 Å². The van der Waals surface area contributed by atoms with Crippen LogP contribution in [-0.2, 0) is 23.0 Å². The normalized spacial score (nSPS) is 10.6. The van der Waals surface area contributed by atoms with Gasteiger partial charge in [0, 0.05) is 23.5 Å². The summed E-state index contributed by atoms with van der Waals surface area (Å²) in [5.41, 5.74) is 7.84. The zero-order chi connectivity index (χ0) is 11.7. The summed E-state index contributed by atoms with van der Waals surface area (Å²) in [7, 11) is 3.27. The second-order valence-electron chi connectivity index (χ2n) is 3.69. The quantitative estimate of drug-likeness (QED) is 0.777. The molecule has 0 saturated carbocycles. The molecule has 84 valence electrons. The van der Waals surface area contributed by atoms with Gasteiger partial charge in [0.2, 0.25) is 0 Å². The van der Waals surface area contributed by atoms with E-state index in [2.05, 4.69) is 4.74 Å². The van der Waals surface area contributed by atoms with Crippen LogP contribution < -0.4 is 5.73 Å². The second kappa shape index (κ2) is 3.89. The second-order valence-corrected chi connectivity index (χ2v) is 3.69. The van der Waals surface area contributed by atoms with Crippen molar-refractivity contribution in [3.8, 4) is 0 Å². The number of fused-ring (bicyclic) bond motifs is 1. The number of benzene rings is 1. The molecule has 2 N–H and O–H groups in total. The van der Waals surface area contributed by atoms with E-state index in [9.17, 15) is 4.79 Å². The zero-order valence-corrected chi connectivity index (χ0v) is 9.36. The van der Waals surface area contributed by atoms with Crippen LogP contribution in [0.25, 0.3) is 10.9 Å². The smallest absolute Gasteiger partial charge is 0.310 e. The van der Waals surface area contributed by atoms with E-state index in [1.54, 1.807) is 0 Å². The Morgan fingerprint density at radius 3 is 2.81 bits per heavy atom. The number of hydrogen-bond donors (Lipinski definition) is 1. The topological polar surface area (TPSA) is 57.2 Å². The number of aryl methyl sites for hydroxylation is 1. The molecule has 2 rings (SSSR count). The van der Waals surface area contributed by atoms with Crippen molar-refractivity contribution in [1.82, 2.24) is 4.57 Å². The van der Waals surface area contributed by atoms with Crippen LogP contribution >= 0.6 is 0 Å². The van der Waals surface area contributed by atoms with Crippen LogP contribution in [0.5, 0.6) is 0 Å². The van der Waals surface area contributed by atoms with Gasteiger partial charge in [0.1, 0.15) is 5.82 Å². The largest absolute Gasteiger partial charge is 0.469 e. The SMILES string of the molecule is COC(=O)Cc1c(N)n(C)c2ccccc12. The lowest BCUT2D eigenvalue weighted by molar-refractivity contribution is -0.139. The highest BCUT2D eigenvalue weighted by Crippen LogP contribution is 2.27. The third-order valence-corrected chi connectivity index (χ3v) is 2.81. The van der Waals surface area contributed by atoms with Gasteiger partial charge < -0.3 is 15.0 Å². The number of anilines is 1. The van der Waals surface area contributed by atoms with Crippen molar-refractivity contribution >= 4 is 22.7 Å². The summed E-state index contributed by atoms with van der Waals surface area (Å²) in [5.74, 6) is 0.342. The summed E-state index contributed by atoms with van der Waals surface area (Å²) in [5, 5.41) is 1.01. The number of aromatic nitrogens is 1. The maximum atomic E-state index is 11.3. The number of nitrogen functional groups attached to an aromatic ring is 1. The number of hydrogen-bond acceptors (Lipinski definition) is 3. The molecule has 1 aromatic heterocycles. The van der Waals surface area contributed by atoms with Crippen molar-refractivity contribution in [2.75, 3.05) is 12.8 Å². The number of nitrogens with two attached hydrogens (primary N) is 1. The standard InChI is InChI=1S/C12H14N2O2/c1-14-10-6-4-3-5-8(10)9(12(14)13)7-11(15)16-2/h3-6H,7,13H2,1-2H3. The number of nitrogens with zero attached hydrogens (tertiary/aromatic N) is 1. The highest BCUT2D eigenvalue weighted by molar-refractivity contribution is 5.92. The number of carbonyl (C=O) groups excluding carboxylic acids is 1. The average molecular weight is 218 g/mol. The fourth-order valence-electron chi connectivity index (χ4n) is 1.89. The van der Waals surface area contributed by atoms with Crippen LogP contribution in [0.1, 0.15) is 5.56 Å². The number of esters is 1. The third kappa shape index (κ3) is 1.52. The summed E-state index contributed by atoms with van der Waals surface area (Å²) in [6.07, 6.45) is 0.212. The minimum atomic E-state index is -0.275. The monoisotopic (exact) mass is 218 g/mol. The fraction of sp³-hybridized carbons (Fsp3) is 0.250. The molecule has 0 aliphatic carbocycles. The molecule has 0 bridgehead atoms. The first-order valence-corrected chi connectivity index (χ1v) is 5.03. The lowest BCUT2D eigenvalue weighted by Crippen LogP contribution is -2.07. The van der Waals surface area contributed by atoms with Gasteiger partial charge in [-0.3, -0.25) is 4.79 Å². The zero-order valence-electron chi connectivity index (χ0n) is 9.36. The van der Waals surface area contributed by atoms with Crippen molar-refractivity contribution in [1.29, 1.82) is 0 Å². The van der Waals surface area contributed by atoms with Crippen LogP contribution in [0.3, 0.4) is 0 Å². The Kier molecular flexibility index (Phi) is 2.56. The lowest BCUT2D eigenvalue weighted by atomic mass is 10.1. The number of rotatable bonds is 2. The average Bonchev–Trinajstić information content (AvgIpc) is 2.55. The van der Waals surface area contributed by atoms with Gasteiger partial charge in [0.25, 0.3) is 0 Å². The molecular formula is C12H14N2O2. The van der Waals surface area contributed by atoms with Gasteiger partial charge in [0.05, 0.1) is 13.5 Å². The Labute approximate surface area is 93.6 Å². The third-order valence-electron chi connectivity index (χ3n) is 2.81. The van der Waals surface area contributed by atoms with E-state index in [0.29, 0.717) is 5.82 Å². The van der Waals surface area contributed by atoms with Crippen molar-refractivity contribution in [3.63, 3.8) is 0 Å². The molecule has 1 aromatic carbocycles. The Hall–Kier alpha value is -1.97. The Balaban J connectivity index is 2.59. The van der Waals surface area contributed by atoms with Crippen molar-refractivity contribution in [2.45, 2.75) is 6.42 Å². The molecule has 16 heavy (non-hydrogen) atoms. The molecule has 0 amide bonds. The van der Waals surface area contributed by atoms with Gasteiger partial charge in [-0.1, -0.05) is 18.2 Å². The van der Waals surface area contributed by atoms with E-state index >= 15 is 0 Å². The molecule has 0 radical (unpaired) electrons. The van der Waals surface area contributed by atoms with E-state index in [4.69, 9.17) is 5.73 Å². The Morgan fingerprint density at radius 2 is 2.12 bits per heavy atom. The van der Waals surface area contributed by atoms with Gasteiger partial charge in [-0.05, 0) is 6.07 Å². The maximum Gasteiger partial charge on any atom is 0.310 e. The molecule has 4 heteroatoms. The van der Waals surface area contributed by atoms with Gasteiger partial charge in [-0.25, -0.2) is 0 Å². The minimum Gasteiger partial charge on any atom is -0.469 e. The molecule has 0 saturated heterocycles. The molecule has 0 spiro atoms. The summed E-state index contributed by atoms with van der Waals surface area (Å²) in [6, 6.07) is 7.82. The number of para-hydroxylation sites is 1. The van der Waals surface area contributed by atoms with Crippen LogP contribution in [0.2, 0.25) is 0 Å². The first kappa shape index (κ1) is 10.5. The van der Waals surface area contributed by atoms with Gasteiger partial charge in [0.15, 0.2) is 0 Å². The van der Waals surface area contributed by atoms with E-state index in [-0.39, 0.29) is 12.4 Å². The first-order valence-electron chi connectivity index (χ1n) is 5.03. The summed E-state index contributed by atoms with van der Waals surface area (Å²) in [4.78, 5) is 11.3. The number of ether oxygens (including phenoxy) is 1. The van der Waals surface area contributed by atoms with E-state index in [1.165, 1.54) is 7.11 Å². The fourth-order valence-corrected chi connectivity index (χ4v) is 1.89. The van der Waals surface area contributed by atoms with Crippen LogP contribution in [-0.4, -0.2) is 17.6 Å². The summed E-state index contributed by atoms with van der Waals surface area (Å²) in [6.45, 7) is 0. The van der Waals surface area contributed by atoms with Gasteiger partial charge >= 0.3 is 5.97 Å². The highest BCUT2D eigenvalue weighted by atomic mass is 16.5. The molecule has 4 nitrogen and oxygen atoms in total. The summed E-state index contributed by atoms with van der Waals surface area (Å²) < 4.78 is 6.55. The predicted octanol–water partition coefficient (Wildman–Crippen LogP) is 1.48. The van der Waals surface area contributed by atoms with E-state index < -0.39 is 0 Å². The molecule has 0 unspecified atom stereocenters. The molecule has 2 aromatic rings. The van der Waals surface area contributed by atoms with Crippen LogP contribution in [0.4, 0.5) is 5.82 Å². The highest BCUT2D eigenvalue weighted by Gasteiger charge is 2.15. The number of carbonyl (C=O) groups is 1. The van der Waals surface area contributed by atoms with Crippen molar-refractivity contribution < 1.29 is 9.53 Å². The van der Waals surface area contributed by atoms with Gasteiger partial charge in [-0.15, -0.1) is 0 Å². The van der Waals surface area contributed by atoms with Crippen LogP contribution in [0, 0.1) is 0 Å². The van der Waals surface area contributed by atoms with Crippen molar-refractivity contribution in [2.24, 2.45) is 7.05 Å². The van der Waals surface area contributed by atoms with E-state index in [1.807, 2.05) is 35.9 Å². The Morgan fingerprint density at radius 1 is 1.44 bits per heavy atom. The summed E-state index contributed by atoms with van der Waals surface area (Å²) >= 11 is 0. The van der Waals surface area contributed by atoms with Crippen LogP contribution in [0.15, 0.2) is 24.3 Å². The molecule has 0 fully saturated rings. The van der Waals surface area contributed by atoms with Crippen molar-refractivity contribution in [3.05, 3.63) is 29.8 Å². The maximum absolute atomic E-state index is 11.3. The molecule has 1 heterocycles. The van der Waals surface area contributed by atoms with Gasteiger partial charge in [-0.2, -0.15) is 0 Å². The molecule has 0 atom stereocenters. The first-order chi connectivity index (χ1) is 7.65. The minimum absolute atomic E-state index is 0.212. The predicted molar refractivity (Wildman–Crippen MR) is 63.1 cm³/mol. The molecule has 0 aliphatic heterocycles. The Bertz CT molecular complexity index is 543. The lowest BCUT2D eigenvalue weighted by Gasteiger charge is -2.00. The molecule has 0 aliphatic rings. The number of methoxy groups -OCH3 is 1. The molecular weight excluding hydrogens is 204 g/mol.